The highest BCUT2D eigenvalue weighted by Gasteiger charge is 2.28. The number of esters is 1. The first kappa shape index (κ1) is 27.3. The van der Waals surface area contributed by atoms with E-state index < -0.39 is 17.9 Å². The summed E-state index contributed by atoms with van der Waals surface area (Å²) in [6, 6.07) is 3.85. The van der Waals surface area contributed by atoms with Gasteiger partial charge in [-0.05, 0) is 29.9 Å². The van der Waals surface area contributed by atoms with E-state index in [4.69, 9.17) is 14.2 Å². The van der Waals surface area contributed by atoms with Crippen LogP contribution in [0.1, 0.15) is 51.9 Å². The summed E-state index contributed by atoms with van der Waals surface area (Å²) >= 11 is 0. The van der Waals surface area contributed by atoms with Gasteiger partial charge < -0.3 is 24.4 Å². The Labute approximate surface area is 191 Å². The number of methoxy groups -OCH3 is 2. The Bertz CT molecular complexity index is 744. The van der Waals surface area contributed by atoms with Crippen LogP contribution in [0.25, 0.3) is 0 Å². The summed E-state index contributed by atoms with van der Waals surface area (Å²) in [5.74, 6) is -0.0788. The molecular formula is C24H38N2O6. The predicted molar refractivity (Wildman–Crippen MR) is 123 cm³/mol. The topological polar surface area (TPSA) is 94.2 Å². The van der Waals surface area contributed by atoms with Gasteiger partial charge in [0, 0.05) is 24.7 Å². The lowest BCUT2D eigenvalue weighted by Crippen LogP contribution is -2.46. The Hall–Kier alpha value is -2.77. The Morgan fingerprint density at radius 2 is 1.38 bits per heavy atom. The van der Waals surface area contributed by atoms with Crippen molar-refractivity contribution in [1.82, 2.24) is 10.2 Å². The molecule has 8 heteroatoms. The van der Waals surface area contributed by atoms with E-state index in [0.29, 0.717) is 36.4 Å². The molecular weight excluding hydrogens is 412 g/mol. The number of hydrogen-bond donors (Lipinski definition) is 1. The molecule has 0 aliphatic rings. The fourth-order valence-electron chi connectivity index (χ4n) is 3.13. The zero-order valence-corrected chi connectivity index (χ0v) is 20.6. The summed E-state index contributed by atoms with van der Waals surface area (Å²) in [7, 11) is 2.98. The van der Waals surface area contributed by atoms with Gasteiger partial charge in [0.15, 0.2) is 6.61 Å². The number of rotatable bonds is 12. The lowest BCUT2D eigenvalue weighted by molar-refractivity contribution is -0.154. The molecule has 0 heterocycles. The van der Waals surface area contributed by atoms with E-state index in [-0.39, 0.29) is 24.0 Å². The molecule has 1 aromatic rings. The van der Waals surface area contributed by atoms with E-state index in [1.165, 1.54) is 14.2 Å². The molecule has 0 spiro atoms. The van der Waals surface area contributed by atoms with Crippen LogP contribution in [0.15, 0.2) is 18.2 Å². The highest BCUT2D eigenvalue weighted by atomic mass is 16.5. The minimum atomic E-state index is -0.906. The second-order valence-corrected chi connectivity index (χ2v) is 8.99. The summed E-state index contributed by atoms with van der Waals surface area (Å²) in [4.78, 5) is 39.8. The van der Waals surface area contributed by atoms with Crippen molar-refractivity contribution in [2.24, 2.45) is 17.8 Å². The number of nitrogens with zero attached hydrogens (tertiary/aromatic N) is 1. The Morgan fingerprint density at radius 3 is 1.78 bits per heavy atom. The fraction of sp³-hybridized carbons (Fsp3) is 0.625. The summed E-state index contributed by atoms with van der Waals surface area (Å²) in [6.45, 7) is 12.6. The molecule has 0 unspecified atom stereocenters. The molecule has 32 heavy (non-hydrogen) atoms. The lowest BCUT2D eigenvalue weighted by Gasteiger charge is -2.27. The molecule has 0 saturated heterocycles. The number of ether oxygens (including phenoxy) is 3. The van der Waals surface area contributed by atoms with Gasteiger partial charge in [-0.1, -0.05) is 41.5 Å². The maximum Gasteiger partial charge on any atom is 0.329 e. The van der Waals surface area contributed by atoms with Gasteiger partial charge >= 0.3 is 5.97 Å². The lowest BCUT2D eigenvalue weighted by atomic mass is 10.0. The monoisotopic (exact) mass is 450 g/mol. The van der Waals surface area contributed by atoms with Crippen molar-refractivity contribution in [3.8, 4) is 11.5 Å². The number of amides is 2. The number of nitrogens with one attached hydrogen (secondary N) is 1. The van der Waals surface area contributed by atoms with Crippen LogP contribution in [0.3, 0.4) is 0 Å². The van der Waals surface area contributed by atoms with Crippen molar-refractivity contribution in [2.75, 3.05) is 33.9 Å². The van der Waals surface area contributed by atoms with E-state index in [1.807, 2.05) is 27.7 Å². The third kappa shape index (κ3) is 8.77. The molecule has 1 rings (SSSR count). The van der Waals surface area contributed by atoms with Crippen LogP contribution in [-0.4, -0.2) is 62.6 Å². The molecule has 0 saturated carbocycles. The quantitative estimate of drug-likeness (QED) is 0.492. The van der Waals surface area contributed by atoms with Crippen molar-refractivity contribution < 1.29 is 28.6 Å². The van der Waals surface area contributed by atoms with Crippen LogP contribution in [0, 0.1) is 17.8 Å². The van der Waals surface area contributed by atoms with Gasteiger partial charge in [-0.3, -0.25) is 9.59 Å². The molecule has 8 nitrogen and oxygen atoms in total. The smallest absolute Gasteiger partial charge is 0.329 e. The molecule has 1 N–H and O–H groups in total. The minimum absolute atomic E-state index is 0.239. The molecule has 0 bridgehead atoms. The van der Waals surface area contributed by atoms with Crippen molar-refractivity contribution >= 4 is 17.8 Å². The maximum atomic E-state index is 12.8. The highest BCUT2D eigenvalue weighted by Crippen LogP contribution is 2.22. The van der Waals surface area contributed by atoms with Crippen LogP contribution in [0.2, 0.25) is 0 Å². The molecule has 0 aliphatic heterocycles. The predicted octanol–water partition coefficient (Wildman–Crippen LogP) is 3.14. The van der Waals surface area contributed by atoms with E-state index >= 15 is 0 Å². The van der Waals surface area contributed by atoms with Gasteiger partial charge in [0.25, 0.3) is 11.8 Å². The van der Waals surface area contributed by atoms with Gasteiger partial charge in [-0.2, -0.15) is 0 Å². The average Bonchev–Trinajstić information content (AvgIpc) is 2.73. The summed E-state index contributed by atoms with van der Waals surface area (Å²) < 4.78 is 15.7. The zero-order valence-electron chi connectivity index (χ0n) is 20.6. The Balaban J connectivity index is 2.86. The zero-order chi connectivity index (χ0) is 24.4. The normalized spacial score (nSPS) is 12.0. The average molecular weight is 451 g/mol. The van der Waals surface area contributed by atoms with Crippen LogP contribution in [0.5, 0.6) is 11.5 Å². The molecule has 0 aliphatic carbocycles. The maximum absolute atomic E-state index is 12.8. The van der Waals surface area contributed by atoms with Crippen LogP contribution in [-0.2, 0) is 14.3 Å². The van der Waals surface area contributed by atoms with Gasteiger partial charge in [0.2, 0.25) is 0 Å². The number of carbonyl (C=O) groups is 3. The van der Waals surface area contributed by atoms with Crippen molar-refractivity contribution in [1.29, 1.82) is 0 Å². The van der Waals surface area contributed by atoms with E-state index in [2.05, 4.69) is 5.32 Å². The first-order chi connectivity index (χ1) is 15.0. The second-order valence-electron chi connectivity index (χ2n) is 8.99. The van der Waals surface area contributed by atoms with E-state index in [1.54, 1.807) is 36.9 Å². The molecule has 180 valence electrons. The van der Waals surface area contributed by atoms with Gasteiger partial charge in [-0.25, -0.2) is 4.79 Å². The SMILES string of the molecule is COc1cc(OC)cc(C(=O)N[C@H](C(=O)OCC(=O)N(CC(C)C)CC(C)C)C(C)C)c1. The van der Waals surface area contributed by atoms with Crippen molar-refractivity contribution in [2.45, 2.75) is 47.6 Å². The Morgan fingerprint density at radius 1 is 0.875 bits per heavy atom. The van der Waals surface area contributed by atoms with Crippen LogP contribution in [0.4, 0.5) is 0 Å². The standard InChI is InChI=1S/C24H38N2O6/c1-15(2)12-26(13-16(3)4)21(27)14-32-24(29)22(17(5)6)25-23(28)18-9-19(30-7)11-20(10-18)31-8/h9-11,15-17,22H,12-14H2,1-8H3,(H,25,28)/t22-/m0/s1. The van der Waals surface area contributed by atoms with Crippen LogP contribution < -0.4 is 14.8 Å². The Kier molecular flexibility index (Phi) is 11.0. The first-order valence-electron chi connectivity index (χ1n) is 11.0. The number of benzene rings is 1. The largest absolute Gasteiger partial charge is 0.497 e. The molecule has 0 radical (unpaired) electrons. The van der Waals surface area contributed by atoms with Gasteiger partial charge in [0.1, 0.15) is 17.5 Å². The highest BCUT2D eigenvalue weighted by molar-refractivity contribution is 5.97. The molecule has 1 atom stereocenters. The molecule has 0 aromatic heterocycles. The van der Waals surface area contributed by atoms with E-state index in [9.17, 15) is 14.4 Å². The van der Waals surface area contributed by atoms with E-state index in [0.717, 1.165) is 0 Å². The molecule has 1 aromatic carbocycles. The first-order valence-corrected chi connectivity index (χ1v) is 11.0. The summed E-state index contributed by atoms with van der Waals surface area (Å²) in [5.41, 5.74) is 0.288. The third-order valence-corrected chi connectivity index (χ3v) is 4.68. The van der Waals surface area contributed by atoms with Crippen molar-refractivity contribution in [3.05, 3.63) is 23.8 Å². The summed E-state index contributed by atoms with van der Waals surface area (Å²) in [6.07, 6.45) is 0. The minimum Gasteiger partial charge on any atom is -0.497 e. The molecule has 0 fully saturated rings. The third-order valence-electron chi connectivity index (χ3n) is 4.68. The second kappa shape index (κ2) is 12.9. The summed E-state index contributed by atoms with van der Waals surface area (Å²) in [5, 5.41) is 2.70. The van der Waals surface area contributed by atoms with Gasteiger partial charge in [-0.15, -0.1) is 0 Å². The van der Waals surface area contributed by atoms with Crippen LogP contribution >= 0.6 is 0 Å². The number of hydrogen-bond acceptors (Lipinski definition) is 6. The van der Waals surface area contributed by atoms with Gasteiger partial charge in [0.05, 0.1) is 14.2 Å². The molecule has 2 amide bonds. The fourth-order valence-corrected chi connectivity index (χ4v) is 3.13. The van der Waals surface area contributed by atoms with Crippen molar-refractivity contribution in [3.63, 3.8) is 0 Å². The number of carbonyl (C=O) groups excluding carboxylic acids is 3.